The first-order chi connectivity index (χ1) is 10.1. The molecule has 0 aromatic heterocycles. The maximum absolute atomic E-state index is 13.4. The summed E-state index contributed by atoms with van der Waals surface area (Å²) in [5.74, 6) is -2.05. The Morgan fingerprint density at radius 2 is 1.71 bits per heavy atom. The quantitative estimate of drug-likeness (QED) is 0.824. The lowest BCUT2D eigenvalue weighted by molar-refractivity contribution is 0.0844. The van der Waals surface area contributed by atoms with E-state index in [-0.39, 0.29) is 11.1 Å². The number of nitrogens with zero attached hydrogens (tertiary/aromatic N) is 1. The number of carbonyl (C=O) groups excluding carboxylic acids is 2. The van der Waals surface area contributed by atoms with Crippen LogP contribution in [0.4, 0.5) is 4.39 Å². The SMILES string of the molecule is N#Cc1cccc(C(=O)NNC(=O)c2ccccc2F)c1. The van der Waals surface area contributed by atoms with Crippen molar-refractivity contribution in [2.24, 2.45) is 0 Å². The number of halogens is 1. The van der Waals surface area contributed by atoms with Crippen molar-refractivity contribution in [3.05, 3.63) is 71.0 Å². The summed E-state index contributed by atoms with van der Waals surface area (Å²) < 4.78 is 13.4. The van der Waals surface area contributed by atoms with Crippen LogP contribution >= 0.6 is 0 Å². The van der Waals surface area contributed by atoms with Crippen LogP contribution in [-0.2, 0) is 0 Å². The second kappa shape index (κ2) is 6.30. The molecule has 0 aliphatic heterocycles. The summed E-state index contributed by atoms with van der Waals surface area (Å²) in [6.45, 7) is 0. The summed E-state index contributed by atoms with van der Waals surface area (Å²) in [7, 11) is 0. The van der Waals surface area contributed by atoms with Crippen molar-refractivity contribution in [3.63, 3.8) is 0 Å². The van der Waals surface area contributed by atoms with E-state index in [1.165, 1.54) is 30.3 Å². The predicted molar refractivity (Wildman–Crippen MR) is 72.5 cm³/mol. The first-order valence-electron chi connectivity index (χ1n) is 5.97. The van der Waals surface area contributed by atoms with E-state index in [1.54, 1.807) is 12.1 Å². The van der Waals surface area contributed by atoms with E-state index < -0.39 is 17.6 Å². The highest BCUT2D eigenvalue weighted by atomic mass is 19.1. The normalized spacial score (nSPS) is 9.52. The molecule has 0 fully saturated rings. The van der Waals surface area contributed by atoms with Crippen molar-refractivity contribution in [1.29, 1.82) is 5.26 Å². The minimum absolute atomic E-state index is 0.177. The Balaban J connectivity index is 2.03. The maximum Gasteiger partial charge on any atom is 0.272 e. The monoisotopic (exact) mass is 283 g/mol. The van der Waals surface area contributed by atoms with Gasteiger partial charge in [-0.1, -0.05) is 18.2 Å². The van der Waals surface area contributed by atoms with Gasteiger partial charge < -0.3 is 0 Å². The third-order valence-corrected chi connectivity index (χ3v) is 2.66. The zero-order chi connectivity index (χ0) is 15.2. The fraction of sp³-hybridized carbons (Fsp3) is 0. The smallest absolute Gasteiger partial charge is 0.267 e. The van der Waals surface area contributed by atoms with Gasteiger partial charge in [-0.15, -0.1) is 0 Å². The van der Waals surface area contributed by atoms with Gasteiger partial charge in [0.1, 0.15) is 5.82 Å². The van der Waals surface area contributed by atoms with E-state index in [0.29, 0.717) is 5.56 Å². The van der Waals surface area contributed by atoms with Crippen LogP contribution in [-0.4, -0.2) is 11.8 Å². The van der Waals surface area contributed by atoms with E-state index >= 15 is 0 Å². The van der Waals surface area contributed by atoms with Crippen molar-refractivity contribution >= 4 is 11.8 Å². The van der Waals surface area contributed by atoms with Gasteiger partial charge in [0.05, 0.1) is 17.2 Å². The van der Waals surface area contributed by atoms with Crippen LogP contribution in [0.1, 0.15) is 26.3 Å². The van der Waals surface area contributed by atoms with E-state index in [2.05, 4.69) is 10.9 Å². The molecule has 0 aliphatic carbocycles. The van der Waals surface area contributed by atoms with Crippen LogP contribution in [0.5, 0.6) is 0 Å². The Morgan fingerprint density at radius 1 is 1.00 bits per heavy atom. The molecule has 0 saturated heterocycles. The number of carbonyl (C=O) groups is 2. The standard InChI is InChI=1S/C15H10FN3O2/c16-13-7-2-1-6-12(13)15(21)19-18-14(20)11-5-3-4-10(8-11)9-17/h1-8H,(H,18,20)(H,19,21). The second-order valence-corrected chi connectivity index (χ2v) is 4.08. The van der Waals surface area contributed by atoms with Crippen LogP contribution in [0, 0.1) is 17.1 Å². The Kier molecular flexibility index (Phi) is 4.26. The van der Waals surface area contributed by atoms with Gasteiger partial charge in [0.2, 0.25) is 0 Å². The third kappa shape index (κ3) is 3.42. The van der Waals surface area contributed by atoms with Crippen molar-refractivity contribution < 1.29 is 14.0 Å². The molecular weight excluding hydrogens is 273 g/mol. The molecule has 2 aromatic rings. The first-order valence-corrected chi connectivity index (χ1v) is 5.97. The van der Waals surface area contributed by atoms with Gasteiger partial charge >= 0.3 is 0 Å². The lowest BCUT2D eigenvalue weighted by Crippen LogP contribution is -2.41. The lowest BCUT2D eigenvalue weighted by Gasteiger charge is -2.08. The number of benzene rings is 2. The summed E-state index contributed by atoms with van der Waals surface area (Å²) >= 11 is 0. The summed E-state index contributed by atoms with van der Waals surface area (Å²) in [5, 5.41) is 8.75. The predicted octanol–water partition coefficient (Wildman–Crippen LogP) is 1.77. The first kappa shape index (κ1) is 14.2. The molecule has 2 N–H and O–H groups in total. The molecule has 2 aromatic carbocycles. The maximum atomic E-state index is 13.4. The van der Waals surface area contributed by atoms with Crippen molar-refractivity contribution in [3.8, 4) is 6.07 Å². The molecule has 6 heteroatoms. The van der Waals surface area contributed by atoms with Gasteiger partial charge in [0.25, 0.3) is 11.8 Å². The Hall–Kier alpha value is -3.20. The Morgan fingerprint density at radius 3 is 2.43 bits per heavy atom. The van der Waals surface area contributed by atoms with Crippen LogP contribution in [0.2, 0.25) is 0 Å². The molecule has 0 radical (unpaired) electrons. The highest BCUT2D eigenvalue weighted by Crippen LogP contribution is 2.06. The van der Waals surface area contributed by atoms with E-state index in [0.717, 1.165) is 6.07 Å². The van der Waals surface area contributed by atoms with Crippen LogP contribution in [0.15, 0.2) is 48.5 Å². The molecule has 0 spiro atoms. The minimum Gasteiger partial charge on any atom is -0.267 e. The lowest BCUT2D eigenvalue weighted by atomic mass is 10.1. The number of nitrogens with one attached hydrogen (secondary N) is 2. The highest BCUT2D eigenvalue weighted by molar-refractivity contribution is 5.99. The van der Waals surface area contributed by atoms with E-state index in [4.69, 9.17) is 5.26 Å². The fourth-order valence-electron chi connectivity index (χ4n) is 1.63. The van der Waals surface area contributed by atoms with Gasteiger partial charge in [0, 0.05) is 5.56 Å². The summed E-state index contributed by atoms with van der Waals surface area (Å²) in [4.78, 5) is 23.5. The highest BCUT2D eigenvalue weighted by Gasteiger charge is 2.12. The molecule has 2 rings (SSSR count). The molecule has 0 saturated carbocycles. The number of rotatable bonds is 2. The van der Waals surface area contributed by atoms with Crippen molar-refractivity contribution in [1.82, 2.24) is 10.9 Å². The summed E-state index contributed by atoms with van der Waals surface area (Å²) in [6.07, 6.45) is 0. The van der Waals surface area contributed by atoms with E-state index in [9.17, 15) is 14.0 Å². The molecule has 0 aliphatic rings. The molecule has 0 bridgehead atoms. The molecule has 0 atom stereocenters. The largest absolute Gasteiger partial charge is 0.272 e. The zero-order valence-corrected chi connectivity index (χ0v) is 10.8. The number of hydrogen-bond acceptors (Lipinski definition) is 3. The average Bonchev–Trinajstić information content (AvgIpc) is 2.52. The summed E-state index contributed by atoms with van der Waals surface area (Å²) in [5.41, 5.74) is 4.63. The molecule has 21 heavy (non-hydrogen) atoms. The number of hydrogen-bond donors (Lipinski definition) is 2. The fourth-order valence-corrected chi connectivity index (χ4v) is 1.63. The van der Waals surface area contributed by atoms with Crippen LogP contribution in [0.25, 0.3) is 0 Å². The Labute approximate surface area is 120 Å². The second-order valence-electron chi connectivity index (χ2n) is 4.08. The molecule has 0 heterocycles. The van der Waals surface area contributed by atoms with Gasteiger partial charge in [-0.2, -0.15) is 5.26 Å². The molecule has 5 nitrogen and oxygen atoms in total. The Bertz CT molecular complexity index is 738. The van der Waals surface area contributed by atoms with Gasteiger partial charge in [-0.3, -0.25) is 20.4 Å². The number of amides is 2. The average molecular weight is 283 g/mol. The van der Waals surface area contributed by atoms with Crippen molar-refractivity contribution in [2.75, 3.05) is 0 Å². The van der Waals surface area contributed by atoms with E-state index in [1.807, 2.05) is 6.07 Å². The third-order valence-electron chi connectivity index (χ3n) is 2.66. The van der Waals surface area contributed by atoms with Gasteiger partial charge in [-0.05, 0) is 30.3 Å². The molecule has 0 unspecified atom stereocenters. The molecule has 104 valence electrons. The zero-order valence-electron chi connectivity index (χ0n) is 10.8. The number of hydrazine groups is 1. The minimum atomic E-state index is -0.766. The van der Waals surface area contributed by atoms with Gasteiger partial charge in [-0.25, -0.2) is 4.39 Å². The summed E-state index contributed by atoms with van der Waals surface area (Å²) in [6, 6.07) is 13.3. The van der Waals surface area contributed by atoms with Crippen molar-refractivity contribution in [2.45, 2.75) is 0 Å². The molecular formula is C15H10FN3O2. The van der Waals surface area contributed by atoms with Gasteiger partial charge in [0.15, 0.2) is 0 Å². The van der Waals surface area contributed by atoms with Crippen LogP contribution in [0.3, 0.4) is 0 Å². The topological polar surface area (TPSA) is 82.0 Å². The van der Waals surface area contributed by atoms with Crippen LogP contribution < -0.4 is 10.9 Å². The molecule has 2 amide bonds. The number of nitriles is 1.